The van der Waals surface area contributed by atoms with E-state index in [1.54, 1.807) is 0 Å². The maximum Gasteiger partial charge on any atom is 0.430 e. The molecule has 5 rings (SSSR count). The van der Waals surface area contributed by atoms with Gasteiger partial charge in [-0.05, 0) is 62.7 Å². The molecular weight excluding hydrogens is 398 g/mol. The van der Waals surface area contributed by atoms with E-state index in [9.17, 15) is 31.1 Å². The predicted octanol–water partition coefficient (Wildman–Crippen LogP) is 5.32. The largest absolute Gasteiger partial charge is 0.430 e. The van der Waals surface area contributed by atoms with Crippen molar-refractivity contribution < 1.29 is 36.2 Å². The summed E-state index contributed by atoms with van der Waals surface area (Å²) in [6.07, 6.45) is -6.22. The number of Topliss-reactive ketones (excluding diaryl/α,β-unsaturated/α-hetero) is 1. The van der Waals surface area contributed by atoms with Gasteiger partial charge in [0.05, 0.1) is 0 Å². The second-order valence-electron chi connectivity index (χ2n) is 9.11. The predicted molar refractivity (Wildman–Crippen MR) is 91.7 cm³/mol. The van der Waals surface area contributed by atoms with Crippen LogP contribution in [0.2, 0.25) is 0 Å². The minimum absolute atomic E-state index is 0.240. The van der Waals surface area contributed by atoms with Gasteiger partial charge in [-0.15, -0.1) is 0 Å². The molecule has 8 heteroatoms. The molecule has 1 N–H and O–H groups in total. The van der Waals surface area contributed by atoms with Gasteiger partial charge in [0, 0.05) is 11.0 Å². The molecule has 0 heterocycles. The Kier molecular flexibility index (Phi) is 4.12. The third-order valence-electron chi connectivity index (χ3n) is 8.15. The zero-order valence-electron chi connectivity index (χ0n) is 16.0. The lowest BCUT2D eigenvalue weighted by Crippen LogP contribution is -2.86. The summed E-state index contributed by atoms with van der Waals surface area (Å²) in [6.45, 7) is 3.33. The molecule has 0 radical (unpaired) electrons. The first-order valence-corrected chi connectivity index (χ1v) is 9.66. The van der Waals surface area contributed by atoms with E-state index in [1.807, 2.05) is 6.92 Å². The Morgan fingerprint density at radius 3 is 1.66 bits per heavy atom. The first-order valence-electron chi connectivity index (χ1n) is 9.66. The van der Waals surface area contributed by atoms with E-state index < -0.39 is 23.5 Å². The van der Waals surface area contributed by atoms with Gasteiger partial charge in [0.2, 0.25) is 0 Å². The molecule has 160 valence electrons. The molecule has 0 aliphatic heterocycles. The molecule has 2 unspecified atom stereocenters. The van der Waals surface area contributed by atoms with Crippen LogP contribution in [0.1, 0.15) is 43.7 Å². The number of hydrogen-bond acceptors (Lipinski definition) is 2. The highest BCUT2D eigenvalue weighted by molar-refractivity contribution is 5.87. The molecule has 0 saturated heterocycles. The highest BCUT2D eigenvalue weighted by Gasteiger charge is 2.88. The molecule has 0 bridgehead atoms. The van der Waals surface area contributed by atoms with Crippen molar-refractivity contribution in [3.63, 3.8) is 0 Å². The summed E-state index contributed by atoms with van der Waals surface area (Å²) < 4.78 is 74.5. The van der Waals surface area contributed by atoms with Gasteiger partial charge in [0.25, 0.3) is 5.60 Å². The molecule has 4 fully saturated rings. The fourth-order valence-electron chi connectivity index (χ4n) is 6.81. The number of halogens is 6. The Bertz CT molecular complexity index is 799. The lowest BCUT2D eigenvalue weighted by molar-refractivity contribution is -0.412. The Labute approximate surface area is 164 Å². The highest BCUT2D eigenvalue weighted by atomic mass is 19.4. The number of aliphatic hydroxyl groups is 1. The van der Waals surface area contributed by atoms with Crippen molar-refractivity contribution in [3.8, 4) is 0 Å². The molecule has 4 saturated carbocycles. The summed E-state index contributed by atoms with van der Waals surface area (Å²) in [7, 11) is 0. The van der Waals surface area contributed by atoms with Crippen molar-refractivity contribution in [1.29, 1.82) is 0 Å². The topological polar surface area (TPSA) is 37.3 Å². The van der Waals surface area contributed by atoms with Gasteiger partial charge in [0.15, 0.2) is 0 Å². The van der Waals surface area contributed by atoms with Crippen LogP contribution >= 0.6 is 0 Å². The van der Waals surface area contributed by atoms with E-state index in [1.165, 1.54) is 32.6 Å². The normalized spacial score (nSPS) is 36.7. The Hall–Kier alpha value is -1.57. The molecule has 4 aliphatic rings. The van der Waals surface area contributed by atoms with Crippen LogP contribution in [-0.2, 0) is 10.4 Å². The minimum atomic E-state index is -5.83. The Morgan fingerprint density at radius 2 is 1.38 bits per heavy atom. The molecule has 1 spiro atoms. The fraction of sp³-hybridized carbons (Fsp3) is 0.667. The number of carbonyl (C=O) groups excluding carboxylic acids is 1. The molecule has 1 aromatic rings. The van der Waals surface area contributed by atoms with E-state index in [2.05, 4.69) is 0 Å². The zero-order valence-corrected chi connectivity index (χ0v) is 16.0. The van der Waals surface area contributed by atoms with Crippen molar-refractivity contribution in [2.45, 2.75) is 57.5 Å². The van der Waals surface area contributed by atoms with Crippen LogP contribution in [0.15, 0.2) is 24.3 Å². The smallest absolute Gasteiger partial charge is 0.369 e. The third-order valence-corrected chi connectivity index (χ3v) is 8.15. The second-order valence-corrected chi connectivity index (χ2v) is 9.11. The molecule has 29 heavy (non-hydrogen) atoms. The molecule has 0 aromatic heterocycles. The molecule has 1 aromatic carbocycles. The van der Waals surface area contributed by atoms with Crippen LogP contribution in [0.4, 0.5) is 26.3 Å². The number of aryl methyl sites for hydroxylation is 1. The summed E-state index contributed by atoms with van der Waals surface area (Å²) >= 11 is 0. The van der Waals surface area contributed by atoms with E-state index >= 15 is 0 Å². The van der Waals surface area contributed by atoms with Crippen molar-refractivity contribution in [3.05, 3.63) is 35.4 Å². The zero-order chi connectivity index (χ0) is 21.6. The SMILES string of the molecule is CC(=O)C12CC3CC4CC(C1)C432.Cc1ccc(C(O)(C(F)(F)F)C(F)(F)F)cc1. The minimum Gasteiger partial charge on any atom is -0.369 e. The number of alkyl halides is 6. The van der Waals surface area contributed by atoms with Gasteiger partial charge in [0.1, 0.15) is 5.78 Å². The van der Waals surface area contributed by atoms with E-state index in [-0.39, 0.29) is 5.41 Å². The van der Waals surface area contributed by atoms with Gasteiger partial charge >= 0.3 is 12.4 Å². The van der Waals surface area contributed by atoms with Crippen LogP contribution in [0.5, 0.6) is 0 Å². The lowest BCUT2D eigenvalue weighted by Gasteiger charge is -2.90. The van der Waals surface area contributed by atoms with E-state index in [0.29, 0.717) is 28.9 Å². The molecule has 4 aliphatic carbocycles. The maximum absolute atomic E-state index is 12.4. The van der Waals surface area contributed by atoms with E-state index in [0.717, 1.165) is 29.9 Å². The summed E-state index contributed by atoms with van der Waals surface area (Å²) in [5.74, 6) is 3.47. The molecular formula is C21H22F6O2. The quantitative estimate of drug-likeness (QED) is 0.658. The summed E-state index contributed by atoms with van der Waals surface area (Å²) in [6, 6.07) is 3.35. The summed E-state index contributed by atoms with van der Waals surface area (Å²) in [5.41, 5.74) is -4.74. The number of hydrogen-bond donors (Lipinski definition) is 1. The monoisotopic (exact) mass is 420 g/mol. The molecule has 2 nitrogen and oxygen atoms in total. The first kappa shape index (κ1) is 20.7. The average molecular weight is 420 g/mol. The van der Waals surface area contributed by atoms with Crippen molar-refractivity contribution >= 4 is 5.78 Å². The lowest BCUT2D eigenvalue weighted by atomic mass is 9.13. The number of rotatable bonds is 2. The fourth-order valence-corrected chi connectivity index (χ4v) is 6.81. The summed E-state index contributed by atoms with van der Waals surface area (Å²) in [4.78, 5) is 11.6. The van der Waals surface area contributed by atoms with Crippen LogP contribution < -0.4 is 0 Å². The first-order chi connectivity index (χ1) is 13.2. The van der Waals surface area contributed by atoms with Crippen molar-refractivity contribution in [2.75, 3.05) is 0 Å². The van der Waals surface area contributed by atoms with Crippen LogP contribution in [0.3, 0.4) is 0 Å². The van der Waals surface area contributed by atoms with Gasteiger partial charge < -0.3 is 5.11 Å². The Balaban J connectivity index is 0.000000147. The summed E-state index contributed by atoms with van der Waals surface area (Å²) in [5, 5.41) is 9.00. The van der Waals surface area contributed by atoms with Gasteiger partial charge in [-0.25, -0.2) is 0 Å². The second kappa shape index (κ2) is 5.77. The van der Waals surface area contributed by atoms with Crippen LogP contribution in [0.25, 0.3) is 0 Å². The highest BCUT2D eigenvalue weighted by Crippen LogP contribution is 2.92. The van der Waals surface area contributed by atoms with Gasteiger partial charge in [-0.2, -0.15) is 26.3 Å². The van der Waals surface area contributed by atoms with E-state index in [4.69, 9.17) is 5.11 Å². The van der Waals surface area contributed by atoms with Crippen LogP contribution in [-0.4, -0.2) is 23.2 Å². The van der Waals surface area contributed by atoms with Gasteiger partial charge in [-0.1, -0.05) is 29.8 Å². The standard InChI is InChI=1S/C11H14O.C10H8F6O/c1-6(12)10-4-8-2-7-3-9(5-10)11(7,8)10;1-6-2-4-7(5-3-6)8(17,9(11,12)13)10(14,15)16/h7-9H,2-5H2,1H3;2-5,17H,1H3. The third kappa shape index (κ3) is 2.27. The number of ketones is 1. The maximum atomic E-state index is 12.4. The van der Waals surface area contributed by atoms with Crippen molar-refractivity contribution in [2.24, 2.45) is 28.6 Å². The van der Waals surface area contributed by atoms with Crippen LogP contribution in [0, 0.1) is 35.5 Å². The Morgan fingerprint density at radius 1 is 0.931 bits per heavy atom. The molecule has 2 atom stereocenters. The number of carbonyl (C=O) groups is 1. The van der Waals surface area contributed by atoms with Gasteiger partial charge in [-0.3, -0.25) is 4.79 Å². The number of benzene rings is 1. The van der Waals surface area contributed by atoms with Crippen molar-refractivity contribution in [1.82, 2.24) is 0 Å². The molecule has 0 amide bonds. The average Bonchev–Trinajstić information content (AvgIpc) is 2.50.